The molecule has 7 heteroatoms. The first-order valence-corrected chi connectivity index (χ1v) is 9.21. The van der Waals surface area contributed by atoms with Gasteiger partial charge in [0.2, 0.25) is 5.91 Å². The average molecular weight is 368 g/mol. The summed E-state index contributed by atoms with van der Waals surface area (Å²) in [5.41, 5.74) is 6.44. The first-order chi connectivity index (χ1) is 11.9. The maximum atomic E-state index is 12.8. The van der Waals surface area contributed by atoms with E-state index in [1.54, 1.807) is 0 Å². The van der Waals surface area contributed by atoms with E-state index in [-0.39, 0.29) is 11.8 Å². The molecule has 25 heavy (non-hydrogen) atoms. The topological polar surface area (TPSA) is 79.9 Å². The van der Waals surface area contributed by atoms with E-state index in [1.807, 2.05) is 36.9 Å². The van der Waals surface area contributed by atoms with Crippen LogP contribution >= 0.6 is 11.6 Å². The van der Waals surface area contributed by atoms with Crippen molar-refractivity contribution < 1.29 is 14.5 Å². The minimum atomic E-state index is -0.649. The van der Waals surface area contributed by atoms with E-state index in [2.05, 4.69) is 11.4 Å². The number of piperazine rings is 1. The number of carbonyl (C=O) groups excluding carboxylic acids is 2. The SMILES string of the molecule is CC[C@H](C)[C@H](NC(N)=O)C(=O)N1CC[NH+](Cc2cccc(Cl)c2)CC1. The number of rotatable bonds is 6. The Hall–Kier alpha value is -1.79. The molecule has 2 rings (SSSR count). The van der Waals surface area contributed by atoms with Gasteiger partial charge in [0, 0.05) is 10.6 Å². The number of primary amides is 1. The van der Waals surface area contributed by atoms with E-state index < -0.39 is 12.1 Å². The van der Waals surface area contributed by atoms with Gasteiger partial charge in [0.25, 0.3) is 0 Å². The highest BCUT2D eigenvalue weighted by molar-refractivity contribution is 6.30. The molecular weight excluding hydrogens is 340 g/mol. The molecule has 0 saturated carbocycles. The van der Waals surface area contributed by atoms with Gasteiger partial charge in [0.1, 0.15) is 12.6 Å². The molecule has 1 aromatic carbocycles. The van der Waals surface area contributed by atoms with Crippen molar-refractivity contribution >= 4 is 23.5 Å². The van der Waals surface area contributed by atoms with Crippen LogP contribution in [0, 0.1) is 5.92 Å². The Morgan fingerprint density at radius 3 is 2.60 bits per heavy atom. The van der Waals surface area contributed by atoms with Gasteiger partial charge in [-0.05, 0) is 18.1 Å². The normalized spacial score (nSPS) is 17.8. The summed E-state index contributed by atoms with van der Waals surface area (Å²) in [5, 5.41) is 3.36. The summed E-state index contributed by atoms with van der Waals surface area (Å²) in [7, 11) is 0. The van der Waals surface area contributed by atoms with Crippen LogP contribution in [-0.4, -0.2) is 49.1 Å². The Bertz CT molecular complexity index is 602. The summed E-state index contributed by atoms with van der Waals surface area (Å²) in [5.74, 6) is 0.0202. The number of benzene rings is 1. The fourth-order valence-corrected chi connectivity index (χ4v) is 3.40. The minimum absolute atomic E-state index is 0.0324. The Morgan fingerprint density at radius 2 is 2.04 bits per heavy atom. The smallest absolute Gasteiger partial charge is 0.312 e. The van der Waals surface area contributed by atoms with Crippen molar-refractivity contribution in [2.45, 2.75) is 32.9 Å². The molecule has 2 atom stereocenters. The molecule has 1 fully saturated rings. The van der Waals surface area contributed by atoms with Crippen LogP contribution in [0.1, 0.15) is 25.8 Å². The van der Waals surface area contributed by atoms with Crippen molar-refractivity contribution in [3.8, 4) is 0 Å². The van der Waals surface area contributed by atoms with Crippen LogP contribution in [-0.2, 0) is 11.3 Å². The molecule has 0 radical (unpaired) electrons. The lowest BCUT2D eigenvalue weighted by Gasteiger charge is -2.35. The molecule has 0 unspecified atom stereocenters. The molecule has 6 nitrogen and oxygen atoms in total. The highest BCUT2D eigenvalue weighted by Crippen LogP contribution is 2.12. The largest absolute Gasteiger partial charge is 0.352 e. The van der Waals surface area contributed by atoms with Crippen LogP contribution in [0.4, 0.5) is 4.79 Å². The predicted molar refractivity (Wildman–Crippen MR) is 98.4 cm³/mol. The molecule has 138 valence electrons. The van der Waals surface area contributed by atoms with Crippen molar-refractivity contribution in [1.82, 2.24) is 10.2 Å². The van der Waals surface area contributed by atoms with Gasteiger partial charge in [-0.2, -0.15) is 0 Å². The summed E-state index contributed by atoms with van der Waals surface area (Å²) in [6.45, 7) is 7.98. The molecule has 3 amide bonds. The van der Waals surface area contributed by atoms with E-state index in [0.717, 1.165) is 31.1 Å². The van der Waals surface area contributed by atoms with Crippen LogP contribution in [0.2, 0.25) is 5.02 Å². The molecule has 1 heterocycles. The van der Waals surface area contributed by atoms with Gasteiger partial charge < -0.3 is 20.9 Å². The lowest BCUT2D eigenvalue weighted by atomic mass is 9.97. The molecule has 0 aromatic heterocycles. The fraction of sp³-hybridized carbons (Fsp3) is 0.556. The summed E-state index contributed by atoms with van der Waals surface area (Å²) in [6.07, 6.45) is 0.802. The van der Waals surface area contributed by atoms with Crippen molar-refractivity contribution in [2.75, 3.05) is 26.2 Å². The van der Waals surface area contributed by atoms with Crippen LogP contribution in [0.15, 0.2) is 24.3 Å². The maximum absolute atomic E-state index is 12.8. The quantitative estimate of drug-likeness (QED) is 0.690. The number of hydrogen-bond donors (Lipinski definition) is 3. The zero-order chi connectivity index (χ0) is 18.4. The zero-order valence-corrected chi connectivity index (χ0v) is 15.7. The van der Waals surface area contributed by atoms with Crippen molar-refractivity contribution in [3.05, 3.63) is 34.9 Å². The first kappa shape index (κ1) is 19.5. The zero-order valence-electron chi connectivity index (χ0n) is 14.9. The number of carbonyl (C=O) groups is 2. The Balaban J connectivity index is 1.91. The van der Waals surface area contributed by atoms with Gasteiger partial charge >= 0.3 is 6.03 Å². The molecule has 0 aliphatic carbocycles. The molecule has 1 aliphatic rings. The van der Waals surface area contributed by atoms with E-state index in [4.69, 9.17) is 17.3 Å². The Kier molecular flexibility index (Phi) is 7.08. The highest BCUT2D eigenvalue weighted by atomic mass is 35.5. The Labute approximate surface area is 154 Å². The van der Waals surface area contributed by atoms with Crippen molar-refractivity contribution in [1.29, 1.82) is 0 Å². The molecule has 4 N–H and O–H groups in total. The molecule has 1 aromatic rings. The second kappa shape index (κ2) is 9.06. The fourth-order valence-electron chi connectivity index (χ4n) is 3.19. The number of nitrogens with zero attached hydrogens (tertiary/aromatic N) is 1. The summed E-state index contributed by atoms with van der Waals surface area (Å²) < 4.78 is 0. The lowest BCUT2D eigenvalue weighted by Crippen LogP contribution is -3.13. The number of amides is 3. The second-order valence-electron chi connectivity index (χ2n) is 6.75. The van der Waals surface area contributed by atoms with E-state index in [9.17, 15) is 9.59 Å². The number of quaternary nitrogens is 1. The third-order valence-corrected chi connectivity index (χ3v) is 5.14. The monoisotopic (exact) mass is 367 g/mol. The van der Waals surface area contributed by atoms with Crippen molar-refractivity contribution in [3.63, 3.8) is 0 Å². The first-order valence-electron chi connectivity index (χ1n) is 8.83. The van der Waals surface area contributed by atoms with E-state index >= 15 is 0 Å². The molecule has 1 aliphatic heterocycles. The van der Waals surface area contributed by atoms with Crippen LogP contribution in [0.25, 0.3) is 0 Å². The van der Waals surface area contributed by atoms with Crippen LogP contribution in [0.3, 0.4) is 0 Å². The predicted octanol–water partition coefficient (Wildman–Crippen LogP) is 0.650. The van der Waals surface area contributed by atoms with Crippen molar-refractivity contribution in [2.24, 2.45) is 11.7 Å². The lowest BCUT2D eigenvalue weighted by molar-refractivity contribution is -0.917. The summed E-state index contributed by atoms with van der Waals surface area (Å²) in [6, 6.07) is 6.70. The molecular formula is C18H28ClN4O2+. The third kappa shape index (κ3) is 5.61. The molecule has 0 spiro atoms. The molecule has 0 bridgehead atoms. The standard InChI is InChI=1S/C18H27ClN4O2/c1-3-13(2)16(21-18(20)25)17(24)23-9-7-22(8-10-23)12-14-5-4-6-15(19)11-14/h4-6,11,13,16H,3,7-10,12H2,1-2H3,(H3,20,21,25)/p+1/t13-,16-/m0/s1. The summed E-state index contributed by atoms with van der Waals surface area (Å²) >= 11 is 6.04. The highest BCUT2D eigenvalue weighted by Gasteiger charge is 2.32. The van der Waals surface area contributed by atoms with Gasteiger partial charge in [-0.1, -0.05) is 44.0 Å². The number of hydrogen-bond acceptors (Lipinski definition) is 2. The van der Waals surface area contributed by atoms with E-state index in [0.29, 0.717) is 13.1 Å². The Morgan fingerprint density at radius 1 is 1.36 bits per heavy atom. The number of nitrogens with two attached hydrogens (primary N) is 1. The van der Waals surface area contributed by atoms with Crippen LogP contribution in [0.5, 0.6) is 0 Å². The number of halogens is 1. The average Bonchev–Trinajstić information content (AvgIpc) is 2.59. The van der Waals surface area contributed by atoms with Gasteiger partial charge in [-0.25, -0.2) is 4.79 Å². The van der Waals surface area contributed by atoms with Gasteiger partial charge in [-0.15, -0.1) is 0 Å². The van der Waals surface area contributed by atoms with Gasteiger partial charge in [0.15, 0.2) is 0 Å². The number of nitrogens with one attached hydrogen (secondary N) is 2. The maximum Gasteiger partial charge on any atom is 0.312 e. The second-order valence-corrected chi connectivity index (χ2v) is 7.19. The third-order valence-electron chi connectivity index (χ3n) is 4.90. The van der Waals surface area contributed by atoms with Gasteiger partial charge in [0.05, 0.1) is 26.2 Å². The molecule has 1 saturated heterocycles. The van der Waals surface area contributed by atoms with Crippen LogP contribution < -0.4 is 16.0 Å². The minimum Gasteiger partial charge on any atom is -0.352 e. The van der Waals surface area contributed by atoms with E-state index in [1.165, 1.54) is 10.5 Å². The van der Waals surface area contributed by atoms with Gasteiger partial charge in [-0.3, -0.25) is 4.79 Å². The summed E-state index contributed by atoms with van der Waals surface area (Å²) in [4.78, 5) is 27.3. The number of urea groups is 1.